The second kappa shape index (κ2) is 6.05. The Morgan fingerprint density at radius 3 is 2.53 bits per heavy atom. The number of aromatic hydroxyl groups is 1. The number of aryl methyl sites for hydroxylation is 1. The maximum atomic E-state index is 11.8. The monoisotopic (exact) mass is 255 g/mol. The lowest BCUT2D eigenvalue weighted by Gasteiger charge is -2.06. The van der Waals surface area contributed by atoms with Gasteiger partial charge in [-0.2, -0.15) is 0 Å². The molecular weight excluding hydrogens is 238 g/mol. The van der Waals surface area contributed by atoms with Crippen LogP contribution in [0.3, 0.4) is 0 Å². The average Bonchev–Trinajstić information content (AvgIpc) is 2.38. The van der Waals surface area contributed by atoms with E-state index in [1.807, 2.05) is 31.2 Å². The number of rotatable bonds is 4. The summed E-state index contributed by atoms with van der Waals surface area (Å²) >= 11 is 0. The van der Waals surface area contributed by atoms with Crippen LogP contribution in [0.25, 0.3) is 0 Å². The van der Waals surface area contributed by atoms with Gasteiger partial charge in [-0.25, -0.2) is 0 Å². The van der Waals surface area contributed by atoms with E-state index < -0.39 is 0 Å². The molecule has 0 atom stereocenters. The Bertz CT molecular complexity index is 561. The van der Waals surface area contributed by atoms with Crippen LogP contribution in [-0.2, 0) is 17.8 Å². The summed E-state index contributed by atoms with van der Waals surface area (Å²) in [4.78, 5) is 11.8. The number of carbonyl (C=O) groups excluding carboxylic acids is 1. The number of hydrogen-bond donors (Lipinski definition) is 2. The zero-order valence-electron chi connectivity index (χ0n) is 10.9. The van der Waals surface area contributed by atoms with Crippen molar-refractivity contribution in [3.63, 3.8) is 0 Å². The average molecular weight is 255 g/mol. The molecule has 2 N–H and O–H groups in total. The lowest BCUT2D eigenvalue weighted by atomic mass is 10.1. The highest BCUT2D eigenvalue weighted by Crippen LogP contribution is 2.09. The van der Waals surface area contributed by atoms with Gasteiger partial charge in [0.25, 0.3) is 0 Å². The van der Waals surface area contributed by atoms with E-state index in [9.17, 15) is 4.79 Å². The van der Waals surface area contributed by atoms with Gasteiger partial charge in [0.05, 0.1) is 6.42 Å². The van der Waals surface area contributed by atoms with Gasteiger partial charge in [0, 0.05) is 6.54 Å². The topological polar surface area (TPSA) is 49.3 Å². The quantitative estimate of drug-likeness (QED) is 0.882. The second-order valence-corrected chi connectivity index (χ2v) is 4.61. The summed E-state index contributed by atoms with van der Waals surface area (Å²) in [7, 11) is 0. The third-order valence-electron chi connectivity index (χ3n) is 2.87. The van der Waals surface area contributed by atoms with Crippen LogP contribution in [0.15, 0.2) is 48.5 Å². The molecule has 2 rings (SSSR count). The molecule has 0 spiro atoms. The third-order valence-corrected chi connectivity index (χ3v) is 2.87. The van der Waals surface area contributed by atoms with Crippen molar-refractivity contribution < 1.29 is 9.90 Å². The highest BCUT2D eigenvalue weighted by Gasteiger charge is 2.03. The van der Waals surface area contributed by atoms with E-state index in [0.29, 0.717) is 13.0 Å². The van der Waals surface area contributed by atoms with E-state index in [-0.39, 0.29) is 11.7 Å². The van der Waals surface area contributed by atoms with Crippen LogP contribution < -0.4 is 5.32 Å². The first-order chi connectivity index (χ1) is 9.13. The highest BCUT2D eigenvalue weighted by molar-refractivity contribution is 5.78. The highest BCUT2D eigenvalue weighted by atomic mass is 16.3. The molecule has 0 aliphatic rings. The fourth-order valence-corrected chi connectivity index (χ4v) is 1.88. The van der Waals surface area contributed by atoms with E-state index in [4.69, 9.17) is 5.11 Å². The van der Waals surface area contributed by atoms with Gasteiger partial charge in [0.15, 0.2) is 0 Å². The molecule has 0 fully saturated rings. The number of amides is 1. The van der Waals surface area contributed by atoms with E-state index in [1.54, 1.807) is 24.3 Å². The lowest BCUT2D eigenvalue weighted by Crippen LogP contribution is -2.24. The number of carbonyl (C=O) groups is 1. The first-order valence-electron chi connectivity index (χ1n) is 6.23. The molecule has 19 heavy (non-hydrogen) atoms. The predicted octanol–water partition coefficient (Wildman–Crippen LogP) is 2.56. The van der Waals surface area contributed by atoms with E-state index >= 15 is 0 Å². The van der Waals surface area contributed by atoms with Crippen molar-refractivity contribution in [3.05, 3.63) is 65.2 Å². The fraction of sp³-hybridized carbons (Fsp3) is 0.188. The van der Waals surface area contributed by atoms with Crippen LogP contribution >= 0.6 is 0 Å². The molecule has 0 unspecified atom stereocenters. The Labute approximate surface area is 112 Å². The van der Waals surface area contributed by atoms with Crippen molar-refractivity contribution in [1.82, 2.24) is 5.32 Å². The number of benzene rings is 2. The summed E-state index contributed by atoms with van der Waals surface area (Å²) in [6.07, 6.45) is 0.389. The van der Waals surface area contributed by atoms with E-state index in [1.165, 1.54) is 0 Å². The van der Waals surface area contributed by atoms with Crippen molar-refractivity contribution in [3.8, 4) is 5.75 Å². The molecule has 0 aliphatic heterocycles. The van der Waals surface area contributed by atoms with Crippen molar-refractivity contribution in [1.29, 1.82) is 0 Å². The molecule has 2 aromatic rings. The van der Waals surface area contributed by atoms with Crippen LogP contribution in [0.1, 0.15) is 16.7 Å². The minimum atomic E-state index is -0.00123. The molecule has 0 radical (unpaired) electrons. The lowest BCUT2D eigenvalue weighted by molar-refractivity contribution is -0.120. The molecule has 3 heteroatoms. The van der Waals surface area contributed by atoms with Crippen molar-refractivity contribution in [2.24, 2.45) is 0 Å². The van der Waals surface area contributed by atoms with Crippen LogP contribution in [0.2, 0.25) is 0 Å². The van der Waals surface area contributed by atoms with Crippen LogP contribution in [0.4, 0.5) is 0 Å². The molecule has 3 nitrogen and oxygen atoms in total. The Morgan fingerprint density at radius 2 is 1.84 bits per heavy atom. The van der Waals surface area contributed by atoms with Crippen LogP contribution in [0, 0.1) is 6.92 Å². The Kier molecular flexibility index (Phi) is 4.18. The van der Waals surface area contributed by atoms with Gasteiger partial charge in [-0.05, 0) is 30.2 Å². The van der Waals surface area contributed by atoms with Gasteiger partial charge >= 0.3 is 0 Å². The zero-order valence-corrected chi connectivity index (χ0v) is 10.9. The molecule has 98 valence electrons. The van der Waals surface area contributed by atoms with Gasteiger partial charge in [-0.1, -0.05) is 42.0 Å². The SMILES string of the molecule is Cc1cccc(CC(=O)NCc2ccc(O)cc2)c1. The standard InChI is InChI=1S/C16H17NO2/c1-12-3-2-4-14(9-12)10-16(19)17-11-13-5-7-15(18)8-6-13/h2-9,18H,10-11H2,1H3,(H,17,19). The molecule has 0 saturated carbocycles. The van der Waals surface area contributed by atoms with Crippen LogP contribution in [0.5, 0.6) is 5.75 Å². The van der Waals surface area contributed by atoms with E-state index in [0.717, 1.165) is 16.7 Å². The molecule has 0 bridgehead atoms. The van der Waals surface area contributed by atoms with Crippen molar-refractivity contribution in [2.75, 3.05) is 0 Å². The summed E-state index contributed by atoms with van der Waals surface area (Å²) in [5.41, 5.74) is 3.14. The molecule has 0 aliphatic carbocycles. The zero-order chi connectivity index (χ0) is 13.7. The minimum Gasteiger partial charge on any atom is -0.508 e. The van der Waals surface area contributed by atoms with Crippen molar-refractivity contribution in [2.45, 2.75) is 19.9 Å². The smallest absolute Gasteiger partial charge is 0.224 e. The maximum Gasteiger partial charge on any atom is 0.224 e. The Hall–Kier alpha value is -2.29. The summed E-state index contributed by atoms with van der Waals surface area (Å²) in [6.45, 7) is 2.49. The summed E-state index contributed by atoms with van der Waals surface area (Å²) in [6, 6.07) is 14.7. The van der Waals surface area contributed by atoms with E-state index in [2.05, 4.69) is 5.32 Å². The number of nitrogens with one attached hydrogen (secondary N) is 1. The van der Waals surface area contributed by atoms with Gasteiger partial charge in [-0.15, -0.1) is 0 Å². The predicted molar refractivity (Wildman–Crippen MR) is 74.8 cm³/mol. The molecule has 2 aromatic carbocycles. The number of phenols is 1. The number of phenolic OH excluding ortho intramolecular Hbond substituents is 1. The first-order valence-corrected chi connectivity index (χ1v) is 6.23. The number of hydrogen-bond acceptors (Lipinski definition) is 2. The largest absolute Gasteiger partial charge is 0.508 e. The second-order valence-electron chi connectivity index (χ2n) is 4.61. The molecule has 0 saturated heterocycles. The minimum absolute atomic E-state index is 0.00123. The normalized spacial score (nSPS) is 10.2. The summed E-state index contributed by atoms with van der Waals surface area (Å²) in [5, 5.41) is 12.0. The fourth-order valence-electron chi connectivity index (χ4n) is 1.88. The van der Waals surface area contributed by atoms with Crippen molar-refractivity contribution >= 4 is 5.91 Å². The maximum absolute atomic E-state index is 11.8. The Balaban J connectivity index is 1.86. The molecule has 0 aromatic heterocycles. The van der Waals surface area contributed by atoms with Gasteiger partial charge in [-0.3, -0.25) is 4.79 Å². The molecule has 0 heterocycles. The summed E-state index contributed by atoms with van der Waals surface area (Å²) < 4.78 is 0. The third kappa shape index (κ3) is 4.14. The molecular formula is C16H17NO2. The van der Waals surface area contributed by atoms with Gasteiger partial charge < -0.3 is 10.4 Å². The van der Waals surface area contributed by atoms with Gasteiger partial charge in [0.2, 0.25) is 5.91 Å². The summed E-state index contributed by atoms with van der Waals surface area (Å²) in [5.74, 6) is 0.230. The molecule has 1 amide bonds. The first kappa shape index (κ1) is 13.1. The van der Waals surface area contributed by atoms with Crippen LogP contribution in [-0.4, -0.2) is 11.0 Å². The van der Waals surface area contributed by atoms with Gasteiger partial charge in [0.1, 0.15) is 5.75 Å². The Morgan fingerprint density at radius 1 is 1.11 bits per heavy atom.